The average molecular weight is 398 g/mol. The maximum Gasteiger partial charge on any atom is 0.417 e. The first-order valence-corrected chi connectivity index (χ1v) is 8.39. The fourth-order valence-electron chi connectivity index (χ4n) is 3.32. The minimum atomic E-state index is -4.78. The van der Waals surface area contributed by atoms with Crippen LogP contribution >= 0.6 is 0 Å². The lowest BCUT2D eigenvalue weighted by atomic mass is 9.90. The Labute approximate surface area is 161 Å². The summed E-state index contributed by atoms with van der Waals surface area (Å²) in [5, 5.41) is 16.5. The number of nitrogens with one attached hydrogen (secondary N) is 2. The molecule has 0 bridgehead atoms. The second-order valence-electron chi connectivity index (χ2n) is 6.16. The number of tetrazole rings is 1. The third kappa shape index (κ3) is 3.35. The highest BCUT2D eigenvalue weighted by Crippen LogP contribution is 2.46. The fraction of sp³-hybridized carbons (Fsp3) is 0.0526. The molecule has 4 aromatic rings. The van der Waals surface area contributed by atoms with Crippen molar-refractivity contribution >= 4 is 22.5 Å². The standard InChI is InChI=1S/C19H13F3N6O/c20-19(21,22)16-13(12-7-3-5-10-4-1-2-6-11(10)12)8-9-14(24-18(23)29)15(16)17-25-27-28-26-17/h1-9H,(H3,23,24,29)(H,25,26,27,28). The Morgan fingerprint density at radius 2 is 1.76 bits per heavy atom. The Morgan fingerprint density at radius 1 is 1.00 bits per heavy atom. The van der Waals surface area contributed by atoms with Gasteiger partial charge in [-0.1, -0.05) is 48.5 Å². The van der Waals surface area contributed by atoms with E-state index in [1.165, 1.54) is 12.1 Å². The zero-order valence-electron chi connectivity index (χ0n) is 14.7. The molecule has 0 atom stereocenters. The summed E-state index contributed by atoms with van der Waals surface area (Å²) in [6, 6.07) is 13.8. The molecule has 0 aliphatic rings. The molecule has 0 aliphatic heterocycles. The van der Waals surface area contributed by atoms with Crippen molar-refractivity contribution in [2.75, 3.05) is 5.32 Å². The summed E-state index contributed by atoms with van der Waals surface area (Å²) in [7, 11) is 0. The van der Waals surface area contributed by atoms with Crippen LogP contribution in [-0.2, 0) is 6.18 Å². The van der Waals surface area contributed by atoms with E-state index in [4.69, 9.17) is 5.73 Å². The number of nitrogens with zero attached hydrogens (tertiary/aromatic N) is 3. The molecule has 4 rings (SSSR count). The molecular formula is C19H13F3N6O. The molecule has 2 amide bonds. The number of benzene rings is 3. The first-order valence-electron chi connectivity index (χ1n) is 8.39. The SMILES string of the molecule is NC(=O)Nc1ccc(-c2cccc3ccccc23)c(C(F)(F)F)c1-c1nn[nH]n1. The minimum Gasteiger partial charge on any atom is -0.351 e. The van der Waals surface area contributed by atoms with Crippen LogP contribution < -0.4 is 11.1 Å². The molecule has 0 aliphatic carbocycles. The summed E-state index contributed by atoms with van der Waals surface area (Å²) in [6.45, 7) is 0. The summed E-state index contributed by atoms with van der Waals surface area (Å²) in [4.78, 5) is 11.3. The number of halogens is 3. The van der Waals surface area contributed by atoms with Gasteiger partial charge in [-0.2, -0.15) is 18.4 Å². The monoisotopic (exact) mass is 398 g/mol. The van der Waals surface area contributed by atoms with Crippen LogP contribution in [0.15, 0.2) is 54.6 Å². The smallest absolute Gasteiger partial charge is 0.351 e. The molecule has 146 valence electrons. The van der Waals surface area contributed by atoms with Crippen LogP contribution in [0.1, 0.15) is 5.56 Å². The van der Waals surface area contributed by atoms with Crippen molar-refractivity contribution in [3.05, 3.63) is 60.2 Å². The highest BCUT2D eigenvalue weighted by Gasteiger charge is 2.39. The maximum absolute atomic E-state index is 14.3. The van der Waals surface area contributed by atoms with Gasteiger partial charge in [-0.05, 0) is 33.2 Å². The van der Waals surface area contributed by atoms with Crippen LogP contribution in [0.5, 0.6) is 0 Å². The molecular weight excluding hydrogens is 385 g/mol. The van der Waals surface area contributed by atoms with Gasteiger partial charge in [0, 0.05) is 0 Å². The highest BCUT2D eigenvalue weighted by molar-refractivity contribution is 6.01. The van der Waals surface area contributed by atoms with Gasteiger partial charge in [0.1, 0.15) is 0 Å². The minimum absolute atomic E-state index is 0.0795. The number of hydrogen-bond donors (Lipinski definition) is 3. The van der Waals surface area contributed by atoms with Gasteiger partial charge in [0.25, 0.3) is 0 Å². The molecule has 0 saturated carbocycles. The summed E-state index contributed by atoms with van der Waals surface area (Å²) >= 11 is 0. The Kier molecular flexibility index (Phi) is 4.38. The normalized spacial score (nSPS) is 11.6. The van der Waals surface area contributed by atoms with E-state index in [-0.39, 0.29) is 17.1 Å². The van der Waals surface area contributed by atoms with E-state index >= 15 is 0 Å². The molecule has 0 fully saturated rings. The molecule has 7 nitrogen and oxygen atoms in total. The third-order valence-corrected chi connectivity index (χ3v) is 4.40. The van der Waals surface area contributed by atoms with E-state index in [0.717, 1.165) is 5.39 Å². The van der Waals surface area contributed by atoms with Gasteiger partial charge in [0.15, 0.2) is 0 Å². The van der Waals surface area contributed by atoms with Crippen molar-refractivity contribution in [1.29, 1.82) is 0 Å². The van der Waals surface area contributed by atoms with Crippen LogP contribution in [0.2, 0.25) is 0 Å². The molecule has 10 heteroatoms. The zero-order valence-corrected chi connectivity index (χ0v) is 14.7. The molecule has 3 aromatic carbocycles. The van der Waals surface area contributed by atoms with Gasteiger partial charge in [0.2, 0.25) is 5.82 Å². The molecule has 29 heavy (non-hydrogen) atoms. The van der Waals surface area contributed by atoms with Gasteiger partial charge in [-0.15, -0.1) is 10.2 Å². The summed E-state index contributed by atoms with van der Waals surface area (Å²) < 4.78 is 42.8. The van der Waals surface area contributed by atoms with E-state index in [1.54, 1.807) is 30.3 Å². The topological polar surface area (TPSA) is 110 Å². The number of anilines is 1. The summed E-state index contributed by atoms with van der Waals surface area (Å²) in [5.41, 5.74) is 3.84. The van der Waals surface area contributed by atoms with E-state index in [0.29, 0.717) is 10.9 Å². The number of H-pyrrole nitrogens is 1. The number of aromatic amines is 1. The van der Waals surface area contributed by atoms with E-state index < -0.39 is 23.3 Å². The van der Waals surface area contributed by atoms with Gasteiger partial charge < -0.3 is 11.1 Å². The number of carbonyl (C=O) groups excluding carboxylic acids is 1. The number of nitrogens with two attached hydrogens (primary N) is 1. The largest absolute Gasteiger partial charge is 0.417 e. The number of fused-ring (bicyclic) bond motifs is 1. The molecule has 0 unspecified atom stereocenters. The third-order valence-electron chi connectivity index (χ3n) is 4.40. The lowest BCUT2D eigenvalue weighted by Crippen LogP contribution is -2.21. The second kappa shape index (κ2) is 6.89. The summed E-state index contributed by atoms with van der Waals surface area (Å²) in [5.74, 6) is -0.317. The first-order chi connectivity index (χ1) is 13.9. The number of primary amides is 1. The van der Waals surface area contributed by atoms with Crippen LogP contribution in [0.4, 0.5) is 23.7 Å². The Morgan fingerprint density at radius 3 is 2.45 bits per heavy atom. The van der Waals surface area contributed by atoms with E-state index in [9.17, 15) is 18.0 Å². The van der Waals surface area contributed by atoms with E-state index in [2.05, 4.69) is 25.9 Å². The Bertz CT molecular complexity index is 1200. The molecule has 4 N–H and O–H groups in total. The van der Waals surface area contributed by atoms with Crippen LogP contribution in [0.3, 0.4) is 0 Å². The lowest BCUT2D eigenvalue weighted by Gasteiger charge is -2.20. The summed E-state index contributed by atoms with van der Waals surface area (Å²) in [6.07, 6.45) is -4.78. The zero-order chi connectivity index (χ0) is 20.6. The van der Waals surface area contributed by atoms with Crippen LogP contribution in [0.25, 0.3) is 33.3 Å². The molecule has 1 aromatic heterocycles. The predicted octanol–water partition coefficient (Wildman–Crippen LogP) is 4.20. The van der Waals surface area contributed by atoms with E-state index in [1.807, 2.05) is 12.1 Å². The molecule has 0 radical (unpaired) electrons. The number of rotatable bonds is 3. The van der Waals surface area contributed by atoms with Crippen molar-refractivity contribution in [2.45, 2.75) is 6.18 Å². The van der Waals surface area contributed by atoms with Crippen LogP contribution in [-0.4, -0.2) is 26.7 Å². The van der Waals surface area contributed by atoms with Crippen molar-refractivity contribution < 1.29 is 18.0 Å². The van der Waals surface area contributed by atoms with Crippen molar-refractivity contribution in [1.82, 2.24) is 20.6 Å². The molecule has 1 heterocycles. The van der Waals surface area contributed by atoms with Gasteiger partial charge >= 0.3 is 12.2 Å². The second-order valence-corrected chi connectivity index (χ2v) is 6.16. The maximum atomic E-state index is 14.3. The van der Waals surface area contributed by atoms with Gasteiger partial charge in [-0.3, -0.25) is 0 Å². The van der Waals surface area contributed by atoms with Crippen molar-refractivity contribution in [3.63, 3.8) is 0 Å². The Balaban J connectivity index is 2.10. The number of hydrogen-bond acceptors (Lipinski definition) is 4. The quantitative estimate of drug-likeness (QED) is 0.480. The molecule has 0 saturated heterocycles. The van der Waals surface area contributed by atoms with Gasteiger partial charge in [0.05, 0.1) is 16.8 Å². The van der Waals surface area contributed by atoms with Gasteiger partial charge in [-0.25, -0.2) is 4.79 Å². The predicted molar refractivity (Wildman–Crippen MR) is 101 cm³/mol. The first kappa shape index (κ1) is 18.4. The number of aromatic nitrogens is 4. The van der Waals surface area contributed by atoms with Crippen LogP contribution in [0, 0.1) is 0 Å². The average Bonchev–Trinajstić information content (AvgIpc) is 3.20. The Hall–Kier alpha value is -3.95. The fourth-order valence-corrected chi connectivity index (χ4v) is 3.32. The molecule has 0 spiro atoms. The lowest BCUT2D eigenvalue weighted by molar-refractivity contribution is -0.136. The number of alkyl halides is 3. The van der Waals surface area contributed by atoms with Crippen molar-refractivity contribution in [3.8, 4) is 22.5 Å². The van der Waals surface area contributed by atoms with Crippen molar-refractivity contribution in [2.24, 2.45) is 5.73 Å². The highest BCUT2D eigenvalue weighted by atomic mass is 19.4. The number of carbonyl (C=O) groups is 1. The number of urea groups is 1. The number of amides is 2.